The van der Waals surface area contributed by atoms with E-state index in [0.717, 1.165) is 11.1 Å². The third kappa shape index (κ3) is 4.04. The van der Waals surface area contributed by atoms with Crippen LogP contribution in [-0.2, 0) is 4.79 Å². The Morgan fingerprint density at radius 2 is 1.79 bits per heavy atom. The molecule has 0 atom stereocenters. The first-order valence-electron chi connectivity index (χ1n) is 7.34. The van der Waals surface area contributed by atoms with E-state index in [2.05, 4.69) is 5.32 Å². The van der Waals surface area contributed by atoms with Gasteiger partial charge in [0.25, 0.3) is 5.91 Å². The summed E-state index contributed by atoms with van der Waals surface area (Å²) in [5, 5.41) is 21.3. The van der Waals surface area contributed by atoms with E-state index in [1.807, 2.05) is 26.0 Å². The topological polar surface area (TPSA) is 95.9 Å². The Hall–Kier alpha value is -3.02. The molecule has 0 radical (unpaired) electrons. The molecule has 6 heteroatoms. The third-order valence-corrected chi connectivity index (χ3v) is 3.50. The van der Waals surface area contributed by atoms with Crippen LogP contribution >= 0.6 is 0 Å². The standard InChI is InChI=1S/C18H19NO5/c1-10-4-5-15(11(2)6-10)24-9-16(20)19-13-7-12(3)17(21)14(8-13)18(22)23/h4-8,21H,9H2,1-3H3,(H,19,20)(H,22,23). The largest absolute Gasteiger partial charge is 0.507 e. The molecule has 0 saturated heterocycles. The summed E-state index contributed by atoms with van der Waals surface area (Å²) in [5.41, 5.74) is 2.42. The monoisotopic (exact) mass is 329 g/mol. The van der Waals surface area contributed by atoms with Crippen molar-refractivity contribution in [2.24, 2.45) is 0 Å². The van der Waals surface area contributed by atoms with Gasteiger partial charge in [-0.05, 0) is 50.1 Å². The fourth-order valence-electron chi connectivity index (χ4n) is 2.32. The zero-order chi connectivity index (χ0) is 17.9. The van der Waals surface area contributed by atoms with Gasteiger partial charge in [0.2, 0.25) is 0 Å². The number of phenols is 1. The number of hydrogen-bond donors (Lipinski definition) is 3. The van der Waals surface area contributed by atoms with Gasteiger partial charge in [0.1, 0.15) is 17.1 Å². The molecule has 24 heavy (non-hydrogen) atoms. The van der Waals surface area contributed by atoms with Crippen molar-refractivity contribution in [2.75, 3.05) is 11.9 Å². The molecule has 0 aliphatic heterocycles. The van der Waals surface area contributed by atoms with Crippen molar-refractivity contribution < 1.29 is 24.5 Å². The lowest BCUT2D eigenvalue weighted by molar-refractivity contribution is -0.118. The number of anilines is 1. The Labute approximate surface area is 139 Å². The fraction of sp³-hybridized carbons (Fsp3) is 0.222. The number of rotatable bonds is 5. The van der Waals surface area contributed by atoms with E-state index in [-0.39, 0.29) is 23.6 Å². The molecule has 0 aliphatic rings. The number of carbonyl (C=O) groups excluding carboxylic acids is 1. The normalized spacial score (nSPS) is 10.3. The molecule has 6 nitrogen and oxygen atoms in total. The first kappa shape index (κ1) is 17.3. The van der Waals surface area contributed by atoms with E-state index in [1.54, 1.807) is 13.0 Å². The Balaban J connectivity index is 2.06. The third-order valence-electron chi connectivity index (χ3n) is 3.50. The molecule has 0 saturated carbocycles. The summed E-state index contributed by atoms with van der Waals surface area (Å²) < 4.78 is 5.48. The lowest BCUT2D eigenvalue weighted by Crippen LogP contribution is -2.20. The molecule has 1 amide bonds. The molecule has 0 spiro atoms. The minimum absolute atomic E-state index is 0.202. The summed E-state index contributed by atoms with van der Waals surface area (Å²) in [6.07, 6.45) is 0. The number of carboxylic acid groups (broad SMARTS) is 1. The van der Waals surface area contributed by atoms with Crippen LogP contribution in [0.1, 0.15) is 27.0 Å². The lowest BCUT2D eigenvalue weighted by Gasteiger charge is -2.12. The summed E-state index contributed by atoms with van der Waals surface area (Å²) in [7, 11) is 0. The molecule has 2 rings (SSSR count). The maximum Gasteiger partial charge on any atom is 0.339 e. The van der Waals surface area contributed by atoms with Gasteiger partial charge in [0, 0.05) is 5.69 Å². The van der Waals surface area contributed by atoms with Crippen molar-refractivity contribution >= 4 is 17.6 Å². The number of hydrogen-bond acceptors (Lipinski definition) is 4. The van der Waals surface area contributed by atoms with Crippen molar-refractivity contribution in [3.05, 3.63) is 52.6 Å². The minimum Gasteiger partial charge on any atom is -0.507 e. The van der Waals surface area contributed by atoms with Crippen LogP contribution in [0, 0.1) is 20.8 Å². The maximum atomic E-state index is 12.0. The first-order chi connectivity index (χ1) is 11.3. The summed E-state index contributed by atoms with van der Waals surface area (Å²) in [4.78, 5) is 23.1. The molecule has 126 valence electrons. The van der Waals surface area contributed by atoms with Crippen LogP contribution in [0.5, 0.6) is 11.5 Å². The SMILES string of the molecule is Cc1ccc(OCC(=O)Nc2cc(C)c(O)c(C(=O)O)c2)c(C)c1. The predicted molar refractivity (Wildman–Crippen MR) is 89.8 cm³/mol. The number of aromatic carboxylic acids is 1. The number of aryl methyl sites for hydroxylation is 3. The zero-order valence-electron chi connectivity index (χ0n) is 13.7. The Morgan fingerprint density at radius 3 is 2.42 bits per heavy atom. The van der Waals surface area contributed by atoms with E-state index in [0.29, 0.717) is 11.3 Å². The molecule has 0 fully saturated rings. The van der Waals surface area contributed by atoms with E-state index in [9.17, 15) is 14.7 Å². The van der Waals surface area contributed by atoms with Gasteiger partial charge in [-0.15, -0.1) is 0 Å². The molecule has 3 N–H and O–H groups in total. The highest BCUT2D eigenvalue weighted by Crippen LogP contribution is 2.26. The molecular formula is C18H19NO5. The number of carboxylic acids is 1. The van der Waals surface area contributed by atoms with Crippen molar-refractivity contribution in [1.82, 2.24) is 0 Å². The van der Waals surface area contributed by atoms with Gasteiger partial charge in [0.05, 0.1) is 0 Å². The van der Waals surface area contributed by atoms with Crippen molar-refractivity contribution in [3.8, 4) is 11.5 Å². The lowest BCUT2D eigenvalue weighted by atomic mass is 10.1. The van der Waals surface area contributed by atoms with Gasteiger partial charge in [-0.3, -0.25) is 4.79 Å². The smallest absolute Gasteiger partial charge is 0.339 e. The highest BCUT2D eigenvalue weighted by molar-refractivity contribution is 5.96. The quantitative estimate of drug-likeness (QED) is 0.733. The number of carbonyl (C=O) groups is 2. The fourth-order valence-corrected chi connectivity index (χ4v) is 2.32. The van der Waals surface area contributed by atoms with Gasteiger partial charge in [-0.2, -0.15) is 0 Å². The molecule has 0 aromatic heterocycles. The number of aromatic hydroxyl groups is 1. The molecule has 0 bridgehead atoms. The Bertz CT molecular complexity index is 798. The van der Waals surface area contributed by atoms with Crippen molar-refractivity contribution in [2.45, 2.75) is 20.8 Å². The summed E-state index contributed by atoms with van der Waals surface area (Å²) >= 11 is 0. The zero-order valence-corrected chi connectivity index (χ0v) is 13.7. The van der Waals surface area contributed by atoms with Crippen LogP contribution in [0.4, 0.5) is 5.69 Å². The van der Waals surface area contributed by atoms with Gasteiger partial charge < -0.3 is 20.3 Å². The van der Waals surface area contributed by atoms with Crippen molar-refractivity contribution in [3.63, 3.8) is 0 Å². The Morgan fingerprint density at radius 1 is 1.08 bits per heavy atom. The van der Waals surface area contributed by atoms with Crippen LogP contribution in [-0.4, -0.2) is 28.7 Å². The molecule has 2 aromatic carbocycles. The summed E-state index contributed by atoms with van der Waals surface area (Å²) in [5.74, 6) is -1.38. The highest BCUT2D eigenvalue weighted by atomic mass is 16.5. The van der Waals surface area contributed by atoms with Crippen LogP contribution in [0.15, 0.2) is 30.3 Å². The molecular weight excluding hydrogens is 310 g/mol. The van der Waals surface area contributed by atoms with Gasteiger partial charge >= 0.3 is 5.97 Å². The van der Waals surface area contributed by atoms with Crippen LogP contribution in [0.25, 0.3) is 0 Å². The van der Waals surface area contributed by atoms with Gasteiger partial charge in [0.15, 0.2) is 6.61 Å². The summed E-state index contributed by atoms with van der Waals surface area (Å²) in [6.45, 7) is 5.22. The Kier molecular flexibility index (Phi) is 5.08. The first-order valence-corrected chi connectivity index (χ1v) is 7.34. The molecule has 0 aliphatic carbocycles. The van der Waals surface area contributed by atoms with E-state index >= 15 is 0 Å². The molecule has 2 aromatic rings. The maximum absolute atomic E-state index is 12.0. The van der Waals surface area contributed by atoms with Crippen LogP contribution < -0.4 is 10.1 Å². The second-order valence-corrected chi connectivity index (χ2v) is 5.60. The average molecular weight is 329 g/mol. The molecule has 0 unspecified atom stereocenters. The van der Waals surface area contributed by atoms with Crippen LogP contribution in [0.3, 0.4) is 0 Å². The second-order valence-electron chi connectivity index (χ2n) is 5.60. The number of benzene rings is 2. The van der Waals surface area contributed by atoms with E-state index in [1.165, 1.54) is 12.1 Å². The highest BCUT2D eigenvalue weighted by Gasteiger charge is 2.15. The van der Waals surface area contributed by atoms with Gasteiger partial charge in [-0.25, -0.2) is 4.79 Å². The van der Waals surface area contributed by atoms with E-state index < -0.39 is 11.9 Å². The second kappa shape index (κ2) is 7.04. The van der Waals surface area contributed by atoms with Crippen LogP contribution in [0.2, 0.25) is 0 Å². The predicted octanol–water partition coefficient (Wildman–Crippen LogP) is 3.03. The summed E-state index contributed by atoms with van der Waals surface area (Å²) in [6, 6.07) is 8.35. The van der Waals surface area contributed by atoms with E-state index in [4.69, 9.17) is 9.84 Å². The van der Waals surface area contributed by atoms with Crippen molar-refractivity contribution in [1.29, 1.82) is 0 Å². The average Bonchev–Trinajstić information content (AvgIpc) is 2.49. The molecule has 0 heterocycles. The number of amides is 1. The number of ether oxygens (including phenoxy) is 1. The number of nitrogens with one attached hydrogen (secondary N) is 1. The van der Waals surface area contributed by atoms with Gasteiger partial charge in [-0.1, -0.05) is 17.7 Å². The minimum atomic E-state index is -1.27.